The molecular formula is C10H12N2O. The Morgan fingerprint density at radius 3 is 2.85 bits per heavy atom. The third-order valence-electron chi connectivity index (χ3n) is 1.88. The highest BCUT2D eigenvalue weighted by molar-refractivity contribution is 5.48. The molecule has 0 unspecified atom stereocenters. The summed E-state index contributed by atoms with van der Waals surface area (Å²) in [5.41, 5.74) is 2.86. The second kappa shape index (κ2) is 4.48. The maximum atomic E-state index is 8.91. The Morgan fingerprint density at radius 2 is 2.31 bits per heavy atom. The summed E-state index contributed by atoms with van der Waals surface area (Å²) >= 11 is 0. The van der Waals surface area contributed by atoms with Crippen LogP contribution in [0.4, 0.5) is 5.69 Å². The van der Waals surface area contributed by atoms with Crippen LogP contribution in [0.5, 0.6) is 0 Å². The van der Waals surface area contributed by atoms with Crippen LogP contribution in [0.15, 0.2) is 18.2 Å². The minimum absolute atomic E-state index is 0.0599. The Morgan fingerprint density at radius 1 is 1.54 bits per heavy atom. The zero-order valence-corrected chi connectivity index (χ0v) is 7.54. The highest BCUT2D eigenvalue weighted by Gasteiger charge is 1.97. The van der Waals surface area contributed by atoms with Gasteiger partial charge < -0.3 is 10.4 Å². The second-order valence-corrected chi connectivity index (χ2v) is 2.81. The van der Waals surface area contributed by atoms with Crippen molar-refractivity contribution < 1.29 is 5.11 Å². The summed E-state index contributed by atoms with van der Waals surface area (Å²) in [6.07, 6.45) is 0. The van der Waals surface area contributed by atoms with Crippen molar-refractivity contribution in [2.75, 3.05) is 11.9 Å². The molecule has 0 bridgehead atoms. The van der Waals surface area contributed by atoms with Gasteiger partial charge in [0.05, 0.1) is 12.7 Å². The fourth-order valence-corrected chi connectivity index (χ4v) is 1.12. The van der Waals surface area contributed by atoms with Crippen LogP contribution in [-0.4, -0.2) is 11.7 Å². The average molecular weight is 176 g/mol. The van der Waals surface area contributed by atoms with Gasteiger partial charge >= 0.3 is 0 Å². The van der Waals surface area contributed by atoms with Gasteiger partial charge in [-0.1, -0.05) is 6.07 Å². The second-order valence-electron chi connectivity index (χ2n) is 2.81. The van der Waals surface area contributed by atoms with Crippen molar-refractivity contribution in [2.45, 2.75) is 13.5 Å². The van der Waals surface area contributed by atoms with Crippen molar-refractivity contribution in [3.05, 3.63) is 29.3 Å². The Hall–Kier alpha value is -1.53. The van der Waals surface area contributed by atoms with Crippen molar-refractivity contribution in [1.29, 1.82) is 5.26 Å². The maximum Gasteiger partial charge on any atom is 0.103 e. The fraction of sp³-hybridized carbons (Fsp3) is 0.300. The highest BCUT2D eigenvalue weighted by Crippen LogP contribution is 2.14. The number of hydrogen-bond donors (Lipinski definition) is 2. The lowest BCUT2D eigenvalue weighted by Gasteiger charge is -2.06. The van der Waals surface area contributed by atoms with Crippen LogP contribution in [0.2, 0.25) is 0 Å². The van der Waals surface area contributed by atoms with Gasteiger partial charge in [-0.3, -0.25) is 0 Å². The lowest BCUT2D eigenvalue weighted by Crippen LogP contribution is -1.99. The maximum absolute atomic E-state index is 8.91. The lowest BCUT2D eigenvalue weighted by atomic mass is 10.1. The van der Waals surface area contributed by atoms with Crippen LogP contribution in [0.25, 0.3) is 0 Å². The Kier molecular flexibility index (Phi) is 3.30. The first-order valence-electron chi connectivity index (χ1n) is 4.09. The lowest BCUT2D eigenvalue weighted by molar-refractivity contribution is 0.281. The number of nitriles is 1. The third kappa shape index (κ3) is 2.46. The summed E-state index contributed by atoms with van der Waals surface area (Å²) < 4.78 is 0. The molecule has 13 heavy (non-hydrogen) atoms. The molecule has 0 heterocycles. The Bertz CT molecular complexity index is 328. The van der Waals surface area contributed by atoms with Crippen molar-refractivity contribution in [3.8, 4) is 6.07 Å². The van der Waals surface area contributed by atoms with E-state index in [-0.39, 0.29) is 6.61 Å². The number of hydrogen-bond acceptors (Lipinski definition) is 3. The van der Waals surface area contributed by atoms with Gasteiger partial charge in [0.15, 0.2) is 0 Å². The monoisotopic (exact) mass is 176 g/mol. The minimum Gasteiger partial charge on any atom is -0.392 e. The molecular weight excluding hydrogens is 164 g/mol. The van der Waals surface area contributed by atoms with Crippen LogP contribution < -0.4 is 5.32 Å². The zero-order valence-electron chi connectivity index (χ0n) is 7.54. The van der Waals surface area contributed by atoms with Gasteiger partial charge in [0.1, 0.15) is 6.54 Å². The van der Waals surface area contributed by atoms with Gasteiger partial charge in [-0.15, -0.1) is 0 Å². The van der Waals surface area contributed by atoms with Gasteiger partial charge in [-0.2, -0.15) is 5.26 Å². The summed E-state index contributed by atoms with van der Waals surface area (Å²) in [5.74, 6) is 0. The molecule has 1 rings (SSSR count). The summed E-state index contributed by atoms with van der Waals surface area (Å²) in [7, 11) is 0. The number of aryl methyl sites for hydroxylation is 1. The van der Waals surface area contributed by atoms with E-state index in [0.717, 1.165) is 16.8 Å². The van der Waals surface area contributed by atoms with E-state index in [1.807, 2.05) is 31.2 Å². The van der Waals surface area contributed by atoms with Crippen LogP contribution >= 0.6 is 0 Å². The smallest absolute Gasteiger partial charge is 0.103 e. The first-order chi connectivity index (χ1) is 6.27. The minimum atomic E-state index is 0.0599. The summed E-state index contributed by atoms with van der Waals surface area (Å²) in [4.78, 5) is 0. The molecule has 0 amide bonds. The Balaban J connectivity index is 2.78. The van der Waals surface area contributed by atoms with Gasteiger partial charge in [0.25, 0.3) is 0 Å². The Labute approximate surface area is 77.6 Å². The SMILES string of the molecule is Cc1cc(NCC#N)ccc1CO. The van der Waals surface area contributed by atoms with Crippen LogP contribution in [0.3, 0.4) is 0 Å². The molecule has 0 aliphatic heterocycles. The largest absolute Gasteiger partial charge is 0.392 e. The van der Waals surface area contributed by atoms with Gasteiger partial charge in [-0.05, 0) is 30.2 Å². The number of nitrogens with zero attached hydrogens (tertiary/aromatic N) is 1. The zero-order chi connectivity index (χ0) is 9.68. The van der Waals surface area contributed by atoms with Gasteiger partial charge in [-0.25, -0.2) is 0 Å². The molecule has 0 aromatic heterocycles. The summed E-state index contributed by atoms with van der Waals surface area (Å²) in [5, 5.41) is 20.2. The number of rotatable bonds is 3. The first-order valence-corrected chi connectivity index (χ1v) is 4.09. The van der Waals surface area contributed by atoms with Crippen molar-refractivity contribution in [3.63, 3.8) is 0 Å². The number of aliphatic hydroxyl groups is 1. The molecule has 3 nitrogen and oxygen atoms in total. The van der Waals surface area contributed by atoms with E-state index < -0.39 is 0 Å². The topological polar surface area (TPSA) is 56.0 Å². The molecule has 0 radical (unpaired) electrons. The number of anilines is 1. The molecule has 1 aromatic carbocycles. The molecule has 3 heteroatoms. The number of nitrogens with one attached hydrogen (secondary N) is 1. The van der Waals surface area contributed by atoms with Crippen LogP contribution in [0.1, 0.15) is 11.1 Å². The van der Waals surface area contributed by atoms with E-state index in [4.69, 9.17) is 10.4 Å². The van der Waals surface area contributed by atoms with E-state index in [9.17, 15) is 0 Å². The van der Waals surface area contributed by atoms with Crippen molar-refractivity contribution in [2.24, 2.45) is 0 Å². The van der Waals surface area contributed by atoms with Crippen LogP contribution in [-0.2, 0) is 6.61 Å². The molecule has 0 aliphatic carbocycles. The van der Waals surface area contributed by atoms with Crippen molar-refractivity contribution in [1.82, 2.24) is 0 Å². The molecule has 0 saturated carbocycles. The predicted octanol–water partition coefficient (Wildman–Crippen LogP) is 1.42. The average Bonchev–Trinajstić information content (AvgIpc) is 2.15. The predicted molar refractivity (Wildman–Crippen MR) is 51.2 cm³/mol. The molecule has 1 aromatic rings. The molecule has 0 saturated heterocycles. The summed E-state index contributed by atoms with van der Waals surface area (Å²) in [6, 6.07) is 7.64. The van der Waals surface area contributed by atoms with Crippen molar-refractivity contribution >= 4 is 5.69 Å². The van der Waals surface area contributed by atoms with E-state index in [1.54, 1.807) is 0 Å². The molecule has 2 N–H and O–H groups in total. The standard InChI is InChI=1S/C10H12N2O/c1-8-6-10(12-5-4-11)3-2-9(8)7-13/h2-3,6,12-13H,5,7H2,1H3. The number of benzene rings is 1. The van der Waals surface area contributed by atoms with E-state index >= 15 is 0 Å². The number of aliphatic hydroxyl groups excluding tert-OH is 1. The summed E-state index contributed by atoms with van der Waals surface area (Å²) in [6.45, 7) is 2.30. The normalized spacial score (nSPS) is 9.31. The van der Waals surface area contributed by atoms with Gasteiger partial charge in [0, 0.05) is 5.69 Å². The van der Waals surface area contributed by atoms with E-state index in [1.165, 1.54) is 0 Å². The van der Waals surface area contributed by atoms with Gasteiger partial charge in [0.2, 0.25) is 0 Å². The molecule has 0 atom stereocenters. The van der Waals surface area contributed by atoms with Crippen LogP contribution in [0, 0.1) is 18.3 Å². The molecule has 68 valence electrons. The highest BCUT2D eigenvalue weighted by atomic mass is 16.3. The molecule has 0 spiro atoms. The third-order valence-corrected chi connectivity index (χ3v) is 1.88. The molecule has 0 fully saturated rings. The van der Waals surface area contributed by atoms with E-state index in [0.29, 0.717) is 6.54 Å². The first kappa shape index (κ1) is 9.56. The fourth-order valence-electron chi connectivity index (χ4n) is 1.12. The van der Waals surface area contributed by atoms with E-state index in [2.05, 4.69) is 5.32 Å². The molecule has 0 aliphatic rings. The quantitative estimate of drug-likeness (QED) is 0.685.